The molecule has 1 heterocycles. The number of nitrogens with one attached hydrogen (secondary N) is 1. The van der Waals surface area contributed by atoms with Crippen LogP contribution in [-0.4, -0.2) is 32.7 Å². The van der Waals surface area contributed by atoms with Crippen LogP contribution in [0, 0.1) is 20.8 Å². The number of hydrogen-bond acceptors (Lipinski definition) is 4. The molecule has 0 aliphatic rings. The van der Waals surface area contributed by atoms with Crippen LogP contribution in [0.15, 0.2) is 39.6 Å². The predicted octanol–water partition coefficient (Wildman–Crippen LogP) is 4.51. The largest absolute Gasteiger partial charge is 0.451 e. The van der Waals surface area contributed by atoms with E-state index in [2.05, 4.69) is 5.32 Å². The molecule has 0 bridgehead atoms. The van der Waals surface area contributed by atoms with Crippen molar-refractivity contribution in [3.05, 3.63) is 57.8 Å². The number of carbonyl (C=O) groups excluding carboxylic acids is 1. The minimum Gasteiger partial charge on any atom is -0.451 e. The molecule has 2 aromatic carbocycles. The molecular formula is C20H21ClN2O4S. The second kappa shape index (κ2) is 7.24. The van der Waals surface area contributed by atoms with Gasteiger partial charge in [0.05, 0.1) is 4.90 Å². The lowest BCUT2D eigenvalue weighted by Crippen LogP contribution is -2.23. The smallest absolute Gasteiger partial charge is 0.291 e. The van der Waals surface area contributed by atoms with Gasteiger partial charge in [-0.05, 0) is 62.2 Å². The van der Waals surface area contributed by atoms with E-state index in [9.17, 15) is 13.2 Å². The topological polar surface area (TPSA) is 79.6 Å². The number of aryl methyl sites for hydroxylation is 2. The molecule has 1 N–H and O–H groups in total. The lowest BCUT2D eigenvalue weighted by molar-refractivity contribution is 0.0997. The third-order valence-electron chi connectivity index (χ3n) is 4.77. The Morgan fingerprint density at radius 2 is 1.75 bits per heavy atom. The van der Waals surface area contributed by atoms with Gasteiger partial charge in [-0.3, -0.25) is 4.79 Å². The minimum atomic E-state index is -3.63. The molecule has 0 unspecified atom stereocenters. The SMILES string of the molecule is Cc1cc(S(=O)(=O)N(C)C)cc(NC(=O)c2oc3ccc(Cl)cc3c2C)c1C. The molecule has 0 radical (unpaired) electrons. The van der Waals surface area contributed by atoms with Crippen LogP contribution in [0.2, 0.25) is 5.02 Å². The fourth-order valence-electron chi connectivity index (χ4n) is 2.90. The van der Waals surface area contributed by atoms with Gasteiger partial charge in [0, 0.05) is 35.8 Å². The van der Waals surface area contributed by atoms with E-state index in [1.165, 1.54) is 20.2 Å². The monoisotopic (exact) mass is 420 g/mol. The Kier molecular flexibility index (Phi) is 5.27. The summed E-state index contributed by atoms with van der Waals surface area (Å²) in [7, 11) is -0.701. The van der Waals surface area contributed by atoms with Gasteiger partial charge in [0.1, 0.15) is 5.58 Å². The number of carbonyl (C=O) groups is 1. The average Bonchev–Trinajstić information content (AvgIpc) is 2.95. The zero-order valence-corrected chi connectivity index (χ0v) is 17.8. The number of fused-ring (bicyclic) bond motifs is 1. The van der Waals surface area contributed by atoms with Gasteiger partial charge in [0.25, 0.3) is 5.91 Å². The molecule has 0 saturated heterocycles. The van der Waals surface area contributed by atoms with Crippen molar-refractivity contribution >= 4 is 44.2 Å². The third kappa shape index (κ3) is 3.53. The first kappa shape index (κ1) is 20.4. The van der Waals surface area contributed by atoms with E-state index in [4.69, 9.17) is 16.0 Å². The van der Waals surface area contributed by atoms with E-state index in [-0.39, 0.29) is 10.7 Å². The van der Waals surface area contributed by atoms with Crippen LogP contribution in [0.1, 0.15) is 27.2 Å². The molecule has 3 aromatic rings. The van der Waals surface area contributed by atoms with Crippen molar-refractivity contribution in [2.24, 2.45) is 0 Å². The quantitative estimate of drug-likeness (QED) is 0.673. The molecule has 1 aromatic heterocycles. The van der Waals surface area contributed by atoms with Gasteiger partial charge >= 0.3 is 0 Å². The Morgan fingerprint density at radius 3 is 2.39 bits per heavy atom. The second-order valence-corrected chi connectivity index (χ2v) is 9.44. The Morgan fingerprint density at radius 1 is 1.07 bits per heavy atom. The fraction of sp³-hybridized carbons (Fsp3) is 0.250. The summed E-state index contributed by atoms with van der Waals surface area (Å²) in [4.78, 5) is 13.0. The van der Waals surface area contributed by atoms with Crippen molar-refractivity contribution in [1.29, 1.82) is 0 Å². The van der Waals surface area contributed by atoms with Crippen molar-refractivity contribution in [3.63, 3.8) is 0 Å². The zero-order chi connectivity index (χ0) is 20.8. The number of amides is 1. The van der Waals surface area contributed by atoms with Crippen LogP contribution in [0.4, 0.5) is 5.69 Å². The number of sulfonamides is 1. The number of hydrogen-bond donors (Lipinski definition) is 1. The van der Waals surface area contributed by atoms with Crippen LogP contribution in [0.5, 0.6) is 0 Å². The molecule has 8 heteroatoms. The van der Waals surface area contributed by atoms with E-state index in [0.717, 1.165) is 20.8 Å². The number of anilines is 1. The van der Waals surface area contributed by atoms with E-state index in [0.29, 0.717) is 21.9 Å². The van der Waals surface area contributed by atoms with Gasteiger partial charge in [-0.25, -0.2) is 12.7 Å². The molecular weight excluding hydrogens is 400 g/mol. The van der Waals surface area contributed by atoms with Gasteiger partial charge < -0.3 is 9.73 Å². The molecule has 6 nitrogen and oxygen atoms in total. The Labute approximate surface area is 169 Å². The van der Waals surface area contributed by atoms with Crippen molar-refractivity contribution in [1.82, 2.24) is 4.31 Å². The molecule has 0 spiro atoms. The highest BCUT2D eigenvalue weighted by molar-refractivity contribution is 7.89. The van der Waals surface area contributed by atoms with Crippen LogP contribution >= 0.6 is 11.6 Å². The Bertz CT molecular complexity index is 1200. The first-order valence-corrected chi connectivity index (χ1v) is 10.4. The number of furan rings is 1. The molecule has 0 fully saturated rings. The van der Waals surface area contributed by atoms with Crippen LogP contribution in [-0.2, 0) is 10.0 Å². The van der Waals surface area contributed by atoms with E-state index in [1.54, 1.807) is 38.1 Å². The van der Waals surface area contributed by atoms with Gasteiger partial charge in [0.2, 0.25) is 10.0 Å². The zero-order valence-electron chi connectivity index (χ0n) is 16.3. The summed E-state index contributed by atoms with van der Waals surface area (Å²) in [5, 5.41) is 4.10. The summed E-state index contributed by atoms with van der Waals surface area (Å²) in [5.41, 5.74) is 3.18. The summed E-state index contributed by atoms with van der Waals surface area (Å²) < 4.78 is 31.8. The molecule has 0 aliphatic carbocycles. The Balaban J connectivity index is 2.03. The lowest BCUT2D eigenvalue weighted by atomic mass is 10.1. The highest BCUT2D eigenvalue weighted by Crippen LogP contribution is 2.30. The van der Waals surface area contributed by atoms with E-state index in [1.807, 2.05) is 6.92 Å². The second-order valence-electron chi connectivity index (χ2n) is 6.85. The highest BCUT2D eigenvalue weighted by Gasteiger charge is 2.22. The average molecular weight is 421 g/mol. The van der Waals surface area contributed by atoms with Crippen LogP contribution < -0.4 is 5.32 Å². The van der Waals surface area contributed by atoms with Crippen molar-refractivity contribution in [2.75, 3.05) is 19.4 Å². The Hall–Kier alpha value is -2.35. The molecule has 0 aliphatic heterocycles. The lowest BCUT2D eigenvalue weighted by Gasteiger charge is -2.16. The number of benzene rings is 2. The number of rotatable bonds is 4. The summed E-state index contributed by atoms with van der Waals surface area (Å²) >= 11 is 6.03. The molecule has 148 valence electrons. The van der Waals surface area contributed by atoms with Gasteiger partial charge in [0.15, 0.2) is 5.76 Å². The maximum absolute atomic E-state index is 12.9. The molecule has 1 amide bonds. The maximum Gasteiger partial charge on any atom is 0.291 e. The predicted molar refractivity (Wildman–Crippen MR) is 111 cm³/mol. The van der Waals surface area contributed by atoms with E-state index >= 15 is 0 Å². The van der Waals surface area contributed by atoms with Gasteiger partial charge in [-0.1, -0.05) is 11.6 Å². The summed E-state index contributed by atoms with van der Waals surface area (Å²) in [6.45, 7) is 5.40. The van der Waals surface area contributed by atoms with Crippen molar-refractivity contribution in [2.45, 2.75) is 25.7 Å². The molecule has 28 heavy (non-hydrogen) atoms. The third-order valence-corrected chi connectivity index (χ3v) is 6.80. The van der Waals surface area contributed by atoms with Crippen molar-refractivity contribution < 1.29 is 17.6 Å². The maximum atomic E-state index is 12.9. The molecule has 0 atom stereocenters. The van der Waals surface area contributed by atoms with Crippen LogP contribution in [0.25, 0.3) is 11.0 Å². The number of halogens is 1. The normalized spacial score (nSPS) is 12.0. The van der Waals surface area contributed by atoms with Crippen LogP contribution in [0.3, 0.4) is 0 Å². The summed E-state index contributed by atoms with van der Waals surface area (Å²) in [5.74, 6) is -0.290. The first-order chi connectivity index (χ1) is 13.0. The van der Waals surface area contributed by atoms with Gasteiger partial charge in [-0.15, -0.1) is 0 Å². The van der Waals surface area contributed by atoms with E-state index < -0.39 is 15.9 Å². The fourth-order valence-corrected chi connectivity index (χ4v) is 4.09. The summed E-state index contributed by atoms with van der Waals surface area (Å²) in [6.07, 6.45) is 0. The summed E-state index contributed by atoms with van der Waals surface area (Å²) in [6, 6.07) is 8.20. The molecule has 0 saturated carbocycles. The number of nitrogens with zero attached hydrogens (tertiary/aromatic N) is 1. The standard InChI is InChI=1S/C20H21ClN2O4S/c1-11-8-15(28(25,26)23(4)5)10-17(12(11)2)22-20(24)19-13(3)16-9-14(21)6-7-18(16)27-19/h6-10H,1-5H3,(H,22,24). The van der Waals surface area contributed by atoms with Gasteiger partial charge in [-0.2, -0.15) is 0 Å². The highest BCUT2D eigenvalue weighted by atomic mass is 35.5. The molecule has 3 rings (SSSR count). The van der Waals surface area contributed by atoms with Crippen molar-refractivity contribution in [3.8, 4) is 0 Å². The first-order valence-electron chi connectivity index (χ1n) is 8.56. The minimum absolute atomic E-state index is 0.115.